The summed E-state index contributed by atoms with van der Waals surface area (Å²) in [5.74, 6) is -1.84. The Hall–Kier alpha value is -0.573. The molecule has 7 heteroatoms. The highest BCUT2D eigenvalue weighted by molar-refractivity contribution is 6.69. The standard InChI is InChI=1S/C26H46O6Si/c1-11-25(30)18(27)12-14(2)24(7)20(25)22(29)26(31)13-17(32-33(8,9)10)15(3)19(23(26,5)6)16(4)21(24)28/h14,16-18,20,22,27,29-31H,11-13H2,1-10H3/t14-,16+,17-,18+,20-,22-,24+,25-,26+/m0/s1. The molecular formula is C26H46O6Si. The number of ketones is 1. The summed E-state index contributed by atoms with van der Waals surface area (Å²) >= 11 is 0. The van der Waals surface area contributed by atoms with Crippen molar-refractivity contribution in [3.05, 3.63) is 11.1 Å². The summed E-state index contributed by atoms with van der Waals surface area (Å²) in [6, 6.07) is 0. The second-order valence-corrected chi connectivity index (χ2v) is 17.3. The molecule has 4 N–H and O–H groups in total. The van der Waals surface area contributed by atoms with Crippen molar-refractivity contribution in [2.45, 2.75) is 117 Å². The van der Waals surface area contributed by atoms with Gasteiger partial charge >= 0.3 is 0 Å². The van der Waals surface area contributed by atoms with Crippen LogP contribution in [-0.4, -0.2) is 64.0 Å². The summed E-state index contributed by atoms with van der Waals surface area (Å²) in [5.41, 5.74) is -3.56. The first-order valence-corrected chi connectivity index (χ1v) is 16.0. The molecule has 0 heterocycles. The van der Waals surface area contributed by atoms with Crippen molar-refractivity contribution in [3.8, 4) is 0 Å². The van der Waals surface area contributed by atoms with E-state index < -0.39 is 60.5 Å². The molecule has 190 valence electrons. The molecule has 0 spiro atoms. The predicted molar refractivity (Wildman–Crippen MR) is 131 cm³/mol. The summed E-state index contributed by atoms with van der Waals surface area (Å²) in [5, 5.41) is 47.2. The Morgan fingerprint density at radius 2 is 1.64 bits per heavy atom. The van der Waals surface area contributed by atoms with Gasteiger partial charge in [-0.2, -0.15) is 0 Å². The molecule has 0 amide bonds. The number of carbonyl (C=O) groups excluding carboxylic acids is 1. The minimum absolute atomic E-state index is 0.0454. The fourth-order valence-corrected chi connectivity index (χ4v) is 8.78. The number of carbonyl (C=O) groups is 1. The summed E-state index contributed by atoms with van der Waals surface area (Å²) in [4.78, 5) is 14.3. The first kappa shape index (κ1) is 27.0. The van der Waals surface area contributed by atoms with Gasteiger partial charge < -0.3 is 24.9 Å². The lowest BCUT2D eigenvalue weighted by Gasteiger charge is -2.65. The van der Waals surface area contributed by atoms with Gasteiger partial charge in [0, 0.05) is 29.1 Å². The first-order chi connectivity index (χ1) is 14.8. The number of aliphatic hydroxyl groups excluding tert-OH is 2. The van der Waals surface area contributed by atoms with E-state index in [1.807, 2.05) is 41.5 Å². The molecule has 0 aliphatic heterocycles. The fourth-order valence-electron chi connectivity index (χ4n) is 7.66. The van der Waals surface area contributed by atoms with E-state index in [9.17, 15) is 25.2 Å². The summed E-state index contributed by atoms with van der Waals surface area (Å²) in [7, 11) is -2.01. The molecular weight excluding hydrogens is 436 g/mol. The zero-order valence-corrected chi connectivity index (χ0v) is 23.2. The molecule has 2 fully saturated rings. The van der Waals surface area contributed by atoms with Gasteiger partial charge in [0.1, 0.15) is 11.4 Å². The Kier molecular flexibility index (Phi) is 6.52. The van der Waals surface area contributed by atoms with E-state index in [2.05, 4.69) is 19.6 Å². The van der Waals surface area contributed by atoms with Crippen LogP contribution in [0.2, 0.25) is 19.6 Å². The van der Waals surface area contributed by atoms with Crippen molar-refractivity contribution < 1.29 is 29.6 Å². The van der Waals surface area contributed by atoms with Gasteiger partial charge in [0.05, 0.1) is 23.9 Å². The highest BCUT2D eigenvalue weighted by Gasteiger charge is 2.71. The summed E-state index contributed by atoms with van der Waals surface area (Å²) in [6.07, 6.45) is -2.31. The number of hydrogen-bond acceptors (Lipinski definition) is 6. The molecule has 9 atom stereocenters. The third kappa shape index (κ3) is 3.56. The zero-order chi connectivity index (χ0) is 25.5. The largest absolute Gasteiger partial charge is 0.411 e. The lowest BCUT2D eigenvalue weighted by Crippen LogP contribution is -2.74. The van der Waals surface area contributed by atoms with E-state index in [0.29, 0.717) is 0 Å². The molecule has 2 bridgehead atoms. The van der Waals surface area contributed by atoms with E-state index in [1.165, 1.54) is 0 Å². The average Bonchev–Trinajstić information content (AvgIpc) is 2.68. The smallest absolute Gasteiger partial charge is 0.184 e. The number of Topliss-reactive ketones (excluding diaryl/α,β-unsaturated/α-hetero) is 1. The van der Waals surface area contributed by atoms with Crippen molar-refractivity contribution in [3.63, 3.8) is 0 Å². The molecule has 3 rings (SSSR count). The van der Waals surface area contributed by atoms with E-state index in [4.69, 9.17) is 4.43 Å². The average molecular weight is 483 g/mol. The quantitative estimate of drug-likeness (QED) is 0.363. The molecule has 33 heavy (non-hydrogen) atoms. The normalized spacial score (nSPS) is 48.2. The van der Waals surface area contributed by atoms with Gasteiger partial charge in [-0.05, 0) is 56.5 Å². The molecule has 2 saturated carbocycles. The molecule has 0 unspecified atom stereocenters. The van der Waals surface area contributed by atoms with Crippen LogP contribution in [0.25, 0.3) is 0 Å². The first-order valence-electron chi connectivity index (χ1n) is 12.5. The number of hydrogen-bond donors (Lipinski definition) is 4. The van der Waals surface area contributed by atoms with Crippen molar-refractivity contribution in [1.29, 1.82) is 0 Å². The van der Waals surface area contributed by atoms with Gasteiger partial charge in [0.15, 0.2) is 8.32 Å². The number of fused-ring (bicyclic) bond motifs is 3. The van der Waals surface area contributed by atoms with Crippen LogP contribution >= 0.6 is 0 Å². The lowest BCUT2D eigenvalue weighted by atomic mass is 9.43. The number of aliphatic hydroxyl groups is 4. The van der Waals surface area contributed by atoms with Crippen molar-refractivity contribution >= 4 is 14.1 Å². The van der Waals surface area contributed by atoms with Crippen molar-refractivity contribution in [2.24, 2.45) is 28.6 Å². The molecule has 3 aliphatic carbocycles. The van der Waals surface area contributed by atoms with E-state index >= 15 is 0 Å². The van der Waals surface area contributed by atoms with E-state index in [0.717, 1.165) is 11.1 Å². The molecule has 6 nitrogen and oxygen atoms in total. The van der Waals surface area contributed by atoms with Crippen LogP contribution in [-0.2, 0) is 9.22 Å². The Morgan fingerprint density at radius 3 is 2.12 bits per heavy atom. The molecule has 0 saturated heterocycles. The highest BCUT2D eigenvalue weighted by Crippen LogP contribution is 2.63. The molecule has 3 aliphatic rings. The second kappa shape index (κ2) is 7.97. The van der Waals surface area contributed by atoms with Gasteiger partial charge in [-0.25, -0.2) is 0 Å². The topological polar surface area (TPSA) is 107 Å². The van der Waals surface area contributed by atoms with Crippen LogP contribution in [0.4, 0.5) is 0 Å². The lowest BCUT2D eigenvalue weighted by molar-refractivity contribution is -0.270. The Balaban J connectivity index is 2.36. The van der Waals surface area contributed by atoms with Crippen LogP contribution in [0.1, 0.15) is 67.7 Å². The Labute approximate surface area is 200 Å². The third-order valence-corrected chi connectivity index (χ3v) is 10.7. The SMILES string of the molecule is CC[C@]1(O)[C@H](O)C[C@H](C)[C@@]2(C)C(=O)[C@H](C)C3=C(C)[C@@H](O[Si](C)(C)C)C[C@@](O)([C@@H](O)[C@H]12)C3(C)C. The maximum Gasteiger partial charge on any atom is 0.184 e. The van der Waals surface area contributed by atoms with Crippen LogP contribution in [0.3, 0.4) is 0 Å². The van der Waals surface area contributed by atoms with Gasteiger partial charge in [-0.1, -0.05) is 41.5 Å². The molecule has 0 aromatic heterocycles. The molecule has 0 aromatic rings. The predicted octanol–water partition coefficient (Wildman–Crippen LogP) is 3.43. The summed E-state index contributed by atoms with van der Waals surface area (Å²) < 4.78 is 6.48. The van der Waals surface area contributed by atoms with Crippen molar-refractivity contribution in [2.75, 3.05) is 0 Å². The van der Waals surface area contributed by atoms with Gasteiger partial charge in [-0.15, -0.1) is 0 Å². The van der Waals surface area contributed by atoms with Crippen LogP contribution in [0.5, 0.6) is 0 Å². The van der Waals surface area contributed by atoms with Gasteiger partial charge in [0.2, 0.25) is 0 Å². The fraction of sp³-hybridized carbons (Fsp3) is 0.885. The highest BCUT2D eigenvalue weighted by atomic mass is 28.4. The van der Waals surface area contributed by atoms with Crippen molar-refractivity contribution in [1.82, 2.24) is 0 Å². The summed E-state index contributed by atoms with van der Waals surface area (Å²) in [6.45, 7) is 19.4. The minimum atomic E-state index is -2.01. The van der Waals surface area contributed by atoms with E-state index in [-0.39, 0.29) is 31.0 Å². The van der Waals surface area contributed by atoms with Crippen LogP contribution in [0.15, 0.2) is 11.1 Å². The zero-order valence-electron chi connectivity index (χ0n) is 22.2. The maximum absolute atomic E-state index is 14.3. The second-order valence-electron chi connectivity index (χ2n) is 12.9. The van der Waals surface area contributed by atoms with Gasteiger partial charge in [-0.3, -0.25) is 4.79 Å². The Bertz CT molecular complexity index is 846. The van der Waals surface area contributed by atoms with E-state index in [1.54, 1.807) is 6.92 Å². The number of rotatable bonds is 3. The van der Waals surface area contributed by atoms with Crippen LogP contribution in [0, 0.1) is 28.6 Å². The Morgan fingerprint density at radius 1 is 1.09 bits per heavy atom. The molecule has 0 radical (unpaired) electrons. The monoisotopic (exact) mass is 482 g/mol. The minimum Gasteiger partial charge on any atom is -0.411 e. The van der Waals surface area contributed by atoms with Gasteiger partial charge in [0.25, 0.3) is 0 Å². The third-order valence-electron chi connectivity index (χ3n) is 9.75. The molecule has 0 aromatic carbocycles. The van der Waals surface area contributed by atoms with Crippen LogP contribution < -0.4 is 0 Å². The maximum atomic E-state index is 14.3.